The van der Waals surface area contributed by atoms with E-state index in [4.69, 9.17) is 14.2 Å². The van der Waals surface area contributed by atoms with Crippen LogP contribution in [0.5, 0.6) is 17.2 Å². The third-order valence-electron chi connectivity index (χ3n) is 5.69. The number of carbonyl (C=O) groups excluding carboxylic acids is 1. The summed E-state index contributed by atoms with van der Waals surface area (Å²) in [5.74, 6) is 2.34. The number of fused-ring (bicyclic) bond motifs is 1. The van der Waals surface area contributed by atoms with Gasteiger partial charge in [-0.1, -0.05) is 30.0 Å². The van der Waals surface area contributed by atoms with Crippen LogP contribution in [0.25, 0.3) is 0 Å². The maximum Gasteiger partial charge on any atom is 0.229 e. The lowest BCUT2D eigenvalue weighted by Gasteiger charge is -2.42. The SMILES string of the molecule is CCOc1ccc([C@@H]2CC(=O)N3CN(c4ccccc4OCC)CSC3=C2C#N)cc1OC. The van der Waals surface area contributed by atoms with Crippen LogP contribution in [0.2, 0.25) is 0 Å². The van der Waals surface area contributed by atoms with Crippen molar-refractivity contribution in [1.82, 2.24) is 4.90 Å². The van der Waals surface area contributed by atoms with E-state index in [0.717, 1.165) is 22.0 Å². The van der Waals surface area contributed by atoms with Crippen LogP contribution in [0, 0.1) is 11.3 Å². The Morgan fingerprint density at radius 3 is 2.58 bits per heavy atom. The smallest absolute Gasteiger partial charge is 0.229 e. The van der Waals surface area contributed by atoms with Crippen molar-refractivity contribution >= 4 is 23.4 Å². The molecule has 0 spiro atoms. The molecule has 0 saturated carbocycles. The Labute approximate surface area is 198 Å². The zero-order chi connectivity index (χ0) is 23.4. The lowest BCUT2D eigenvalue weighted by atomic mass is 9.86. The van der Waals surface area contributed by atoms with Crippen LogP contribution in [0.1, 0.15) is 31.7 Å². The van der Waals surface area contributed by atoms with Gasteiger partial charge in [0.15, 0.2) is 11.5 Å². The van der Waals surface area contributed by atoms with Crippen molar-refractivity contribution in [2.24, 2.45) is 0 Å². The van der Waals surface area contributed by atoms with Crippen LogP contribution in [-0.4, -0.2) is 43.7 Å². The van der Waals surface area contributed by atoms with Gasteiger partial charge in [0.2, 0.25) is 5.91 Å². The molecule has 1 atom stereocenters. The standard InChI is InChI=1S/C25H27N3O4S/c1-4-31-21-9-7-6-8-20(21)27-15-28-24(29)13-18(19(14-26)25(28)33-16-27)17-10-11-22(32-5-2)23(12-17)30-3/h6-12,18H,4-5,13,15-16H2,1-3H3/t18-/m0/s1. The number of methoxy groups -OCH3 is 1. The van der Waals surface area contributed by atoms with Crippen molar-refractivity contribution in [2.45, 2.75) is 26.2 Å². The third-order valence-corrected chi connectivity index (χ3v) is 6.84. The molecule has 0 aromatic heterocycles. The van der Waals surface area contributed by atoms with Gasteiger partial charge in [0.1, 0.15) is 5.75 Å². The number of ether oxygens (including phenoxy) is 3. The first kappa shape index (κ1) is 22.9. The highest BCUT2D eigenvalue weighted by molar-refractivity contribution is 8.03. The van der Waals surface area contributed by atoms with E-state index in [1.54, 1.807) is 12.0 Å². The van der Waals surface area contributed by atoms with Gasteiger partial charge >= 0.3 is 0 Å². The average Bonchev–Trinajstić information content (AvgIpc) is 2.85. The topological polar surface area (TPSA) is 75.0 Å². The number of carbonyl (C=O) groups is 1. The summed E-state index contributed by atoms with van der Waals surface area (Å²) in [5.41, 5.74) is 2.43. The minimum absolute atomic E-state index is 0.00653. The van der Waals surface area contributed by atoms with Crippen molar-refractivity contribution in [3.8, 4) is 23.3 Å². The molecule has 0 unspecified atom stereocenters. The first-order valence-corrected chi connectivity index (χ1v) is 11.9. The zero-order valence-electron chi connectivity index (χ0n) is 19.0. The van der Waals surface area contributed by atoms with Crippen LogP contribution in [0.3, 0.4) is 0 Å². The van der Waals surface area contributed by atoms with Gasteiger partial charge < -0.3 is 19.1 Å². The lowest BCUT2D eigenvalue weighted by Crippen LogP contribution is -2.47. The molecule has 4 rings (SSSR count). The van der Waals surface area contributed by atoms with E-state index in [1.165, 1.54) is 11.8 Å². The van der Waals surface area contributed by atoms with Gasteiger partial charge in [-0.25, -0.2) is 0 Å². The maximum atomic E-state index is 13.2. The van der Waals surface area contributed by atoms with Crippen LogP contribution >= 0.6 is 11.8 Å². The fourth-order valence-electron chi connectivity index (χ4n) is 4.17. The zero-order valence-corrected chi connectivity index (χ0v) is 19.9. The summed E-state index contributed by atoms with van der Waals surface area (Å²) in [6.07, 6.45) is 0.227. The summed E-state index contributed by atoms with van der Waals surface area (Å²) >= 11 is 1.51. The summed E-state index contributed by atoms with van der Waals surface area (Å²) in [7, 11) is 1.59. The Balaban J connectivity index is 1.65. The van der Waals surface area contributed by atoms with E-state index in [9.17, 15) is 10.1 Å². The first-order valence-electron chi connectivity index (χ1n) is 11.0. The van der Waals surface area contributed by atoms with Crippen molar-refractivity contribution in [3.05, 3.63) is 58.6 Å². The van der Waals surface area contributed by atoms with Gasteiger partial charge in [0.05, 0.1) is 55.2 Å². The molecule has 0 aliphatic carbocycles. The van der Waals surface area contributed by atoms with Crippen molar-refractivity contribution in [3.63, 3.8) is 0 Å². The molecule has 172 valence electrons. The number of rotatable bonds is 7. The van der Waals surface area contributed by atoms with E-state index in [0.29, 0.717) is 42.8 Å². The second kappa shape index (κ2) is 10.1. The number of amides is 1. The molecule has 2 aliphatic heterocycles. The molecular weight excluding hydrogens is 438 g/mol. The minimum atomic E-state index is -0.312. The fraction of sp³-hybridized carbons (Fsp3) is 0.360. The molecule has 33 heavy (non-hydrogen) atoms. The number of nitriles is 1. The van der Waals surface area contributed by atoms with E-state index in [1.807, 2.05) is 56.3 Å². The molecule has 1 fully saturated rings. The van der Waals surface area contributed by atoms with Crippen LogP contribution < -0.4 is 19.1 Å². The number of para-hydroxylation sites is 2. The Bertz CT molecular complexity index is 1110. The Hall–Kier alpha value is -3.31. The van der Waals surface area contributed by atoms with Crippen LogP contribution in [-0.2, 0) is 4.79 Å². The van der Waals surface area contributed by atoms with Gasteiger partial charge in [0, 0.05) is 12.3 Å². The molecule has 8 heteroatoms. The molecule has 0 N–H and O–H groups in total. The highest BCUT2D eigenvalue weighted by Crippen LogP contribution is 2.45. The Morgan fingerprint density at radius 2 is 1.85 bits per heavy atom. The van der Waals surface area contributed by atoms with Crippen LogP contribution in [0.4, 0.5) is 5.69 Å². The van der Waals surface area contributed by atoms with Gasteiger partial charge in [-0.3, -0.25) is 9.69 Å². The molecule has 2 aliphatic rings. The Morgan fingerprint density at radius 1 is 1.09 bits per heavy atom. The molecule has 1 amide bonds. The summed E-state index contributed by atoms with van der Waals surface area (Å²) < 4.78 is 16.9. The molecule has 0 bridgehead atoms. The van der Waals surface area contributed by atoms with E-state index in [2.05, 4.69) is 11.0 Å². The molecule has 2 aromatic rings. The minimum Gasteiger partial charge on any atom is -0.493 e. The summed E-state index contributed by atoms with van der Waals surface area (Å²) in [6.45, 7) is 5.34. The van der Waals surface area contributed by atoms with E-state index >= 15 is 0 Å². The van der Waals surface area contributed by atoms with Gasteiger partial charge in [-0.15, -0.1) is 0 Å². The van der Waals surface area contributed by atoms with E-state index in [-0.39, 0.29) is 18.2 Å². The van der Waals surface area contributed by atoms with E-state index < -0.39 is 0 Å². The quantitative estimate of drug-likeness (QED) is 0.586. The highest BCUT2D eigenvalue weighted by atomic mass is 32.2. The van der Waals surface area contributed by atoms with Crippen molar-refractivity contribution in [2.75, 3.05) is 37.8 Å². The second-order valence-electron chi connectivity index (χ2n) is 7.61. The number of allylic oxidation sites excluding steroid dienone is 1. The number of hydrogen-bond donors (Lipinski definition) is 0. The molecule has 1 saturated heterocycles. The number of benzene rings is 2. The summed E-state index contributed by atoms with van der Waals surface area (Å²) in [6, 6.07) is 15.8. The monoisotopic (exact) mass is 465 g/mol. The highest BCUT2D eigenvalue weighted by Gasteiger charge is 2.39. The summed E-state index contributed by atoms with van der Waals surface area (Å²) in [4.78, 5) is 17.1. The third kappa shape index (κ3) is 4.46. The molecule has 2 heterocycles. The average molecular weight is 466 g/mol. The van der Waals surface area contributed by atoms with Gasteiger partial charge in [0.25, 0.3) is 0 Å². The number of hydrogen-bond acceptors (Lipinski definition) is 7. The lowest BCUT2D eigenvalue weighted by molar-refractivity contribution is -0.129. The fourth-order valence-corrected chi connectivity index (χ4v) is 5.33. The molecule has 2 aromatic carbocycles. The van der Waals surface area contributed by atoms with Crippen LogP contribution in [0.15, 0.2) is 53.1 Å². The normalized spacial score (nSPS) is 18.0. The number of thioether (sulfide) groups is 1. The maximum absolute atomic E-state index is 13.2. The molecule has 0 radical (unpaired) electrons. The summed E-state index contributed by atoms with van der Waals surface area (Å²) in [5, 5.41) is 10.8. The van der Waals surface area contributed by atoms with Gasteiger partial charge in [-0.05, 0) is 43.7 Å². The van der Waals surface area contributed by atoms with Gasteiger partial charge in [-0.2, -0.15) is 5.26 Å². The van der Waals surface area contributed by atoms with Crippen molar-refractivity contribution in [1.29, 1.82) is 5.26 Å². The largest absolute Gasteiger partial charge is 0.493 e. The Kier molecular flexibility index (Phi) is 6.99. The molecule has 7 nitrogen and oxygen atoms in total. The second-order valence-corrected chi connectivity index (χ2v) is 8.54. The predicted octanol–water partition coefficient (Wildman–Crippen LogP) is 4.71. The number of nitrogens with zero attached hydrogens (tertiary/aromatic N) is 3. The predicted molar refractivity (Wildman–Crippen MR) is 128 cm³/mol. The molecular formula is C25H27N3O4S. The van der Waals surface area contributed by atoms with Crippen molar-refractivity contribution < 1.29 is 19.0 Å². The number of anilines is 1. The first-order chi connectivity index (χ1) is 16.1.